The van der Waals surface area contributed by atoms with Crippen molar-refractivity contribution >= 4 is 5.97 Å². The quantitative estimate of drug-likeness (QED) is 0.641. The molecule has 0 saturated heterocycles. The third-order valence-corrected chi connectivity index (χ3v) is 2.21. The summed E-state index contributed by atoms with van der Waals surface area (Å²) in [4.78, 5) is 10.9. The van der Waals surface area contributed by atoms with E-state index in [2.05, 4.69) is 23.9 Å². The van der Waals surface area contributed by atoms with Crippen molar-refractivity contribution in [2.75, 3.05) is 13.7 Å². The van der Waals surface area contributed by atoms with Crippen molar-refractivity contribution in [2.45, 2.75) is 39.7 Å². The van der Waals surface area contributed by atoms with Crippen LogP contribution in [0.3, 0.4) is 0 Å². The maximum absolute atomic E-state index is 10.9. The number of rotatable bonds is 6. The van der Waals surface area contributed by atoms with Gasteiger partial charge < -0.3 is 10.1 Å². The van der Waals surface area contributed by atoms with E-state index in [9.17, 15) is 4.79 Å². The predicted octanol–water partition coefficient (Wildman–Crippen LogP) is 1.57. The number of methoxy groups -OCH3 is 1. The molecular weight excluding hydrogens is 166 g/mol. The second kappa shape index (κ2) is 6.89. The first-order valence-electron chi connectivity index (χ1n) is 4.90. The molecule has 0 aromatic heterocycles. The van der Waals surface area contributed by atoms with Crippen LogP contribution >= 0.6 is 0 Å². The maximum Gasteiger partial charge on any atom is 0.307 e. The molecule has 2 atom stereocenters. The lowest BCUT2D eigenvalue weighted by Crippen LogP contribution is -2.32. The molecule has 0 aliphatic rings. The highest BCUT2D eigenvalue weighted by atomic mass is 16.5. The zero-order valence-corrected chi connectivity index (χ0v) is 9.09. The van der Waals surface area contributed by atoms with E-state index in [1.165, 1.54) is 7.11 Å². The van der Waals surface area contributed by atoms with Crippen molar-refractivity contribution in [1.82, 2.24) is 5.32 Å². The Bertz CT molecular complexity index is 148. The molecule has 3 heteroatoms. The monoisotopic (exact) mass is 187 g/mol. The van der Waals surface area contributed by atoms with E-state index in [1.54, 1.807) is 0 Å². The van der Waals surface area contributed by atoms with Gasteiger partial charge in [-0.2, -0.15) is 0 Å². The average Bonchev–Trinajstić information content (AvgIpc) is 2.13. The van der Waals surface area contributed by atoms with Gasteiger partial charge in [-0.3, -0.25) is 4.79 Å². The summed E-state index contributed by atoms with van der Waals surface area (Å²) in [6, 6.07) is 0.210. The zero-order chi connectivity index (χ0) is 10.3. The number of carbonyl (C=O) groups is 1. The highest BCUT2D eigenvalue weighted by Gasteiger charge is 2.08. The van der Waals surface area contributed by atoms with E-state index in [-0.39, 0.29) is 12.0 Å². The van der Waals surface area contributed by atoms with Crippen molar-refractivity contribution in [3.8, 4) is 0 Å². The van der Waals surface area contributed by atoms with Crippen LogP contribution in [-0.2, 0) is 9.53 Å². The summed E-state index contributed by atoms with van der Waals surface area (Å²) in [5.41, 5.74) is 0. The minimum absolute atomic E-state index is 0.149. The van der Waals surface area contributed by atoms with Gasteiger partial charge in [0, 0.05) is 6.04 Å². The van der Waals surface area contributed by atoms with Crippen molar-refractivity contribution < 1.29 is 9.53 Å². The number of nitrogens with one attached hydrogen (secondary N) is 1. The highest BCUT2D eigenvalue weighted by molar-refractivity contribution is 5.69. The van der Waals surface area contributed by atoms with Gasteiger partial charge in [0.15, 0.2) is 0 Å². The molecular formula is C10H21NO2. The summed E-state index contributed by atoms with van der Waals surface area (Å²) >= 11 is 0. The van der Waals surface area contributed by atoms with E-state index in [4.69, 9.17) is 0 Å². The Balaban J connectivity index is 3.50. The fourth-order valence-electron chi connectivity index (χ4n) is 0.952. The second-order valence-electron chi connectivity index (χ2n) is 3.60. The van der Waals surface area contributed by atoms with Crippen molar-refractivity contribution in [3.63, 3.8) is 0 Å². The molecule has 2 unspecified atom stereocenters. The molecule has 0 spiro atoms. The first-order valence-corrected chi connectivity index (χ1v) is 4.90. The van der Waals surface area contributed by atoms with Crippen LogP contribution in [0.5, 0.6) is 0 Å². The van der Waals surface area contributed by atoms with E-state index < -0.39 is 0 Å². The van der Waals surface area contributed by atoms with Crippen LogP contribution in [-0.4, -0.2) is 25.7 Å². The Morgan fingerprint density at radius 2 is 2.08 bits per heavy atom. The predicted molar refractivity (Wildman–Crippen MR) is 53.6 cm³/mol. The summed E-state index contributed by atoms with van der Waals surface area (Å²) in [6.07, 6.45) is 1.62. The largest absolute Gasteiger partial charge is 0.469 e. The maximum atomic E-state index is 10.9. The normalized spacial score (nSPS) is 15.1. The number of carbonyl (C=O) groups excluding carboxylic acids is 1. The summed E-state index contributed by atoms with van der Waals surface area (Å²) in [5.74, 6) is 0.518. The van der Waals surface area contributed by atoms with Crippen LogP contribution in [0, 0.1) is 5.92 Å². The molecule has 0 heterocycles. The van der Waals surface area contributed by atoms with Crippen LogP contribution in [0.4, 0.5) is 0 Å². The molecule has 1 N–H and O–H groups in total. The van der Waals surface area contributed by atoms with Crippen LogP contribution in [0.1, 0.15) is 33.6 Å². The molecule has 13 heavy (non-hydrogen) atoms. The van der Waals surface area contributed by atoms with Crippen molar-refractivity contribution in [1.29, 1.82) is 0 Å². The van der Waals surface area contributed by atoms with Gasteiger partial charge >= 0.3 is 5.97 Å². The lowest BCUT2D eigenvalue weighted by atomic mass is 10.1. The Kier molecular flexibility index (Phi) is 6.59. The van der Waals surface area contributed by atoms with Crippen LogP contribution in [0.15, 0.2) is 0 Å². The van der Waals surface area contributed by atoms with Gasteiger partial charge in [-0.15, -0.1) is 0 Å². The third kappa shape index (κ3) is 6.58. The smallest absolute Gasteiger partial charge is 0.307 e. The van der Waals surface area contributed by atoms with E-state index in [0.717, 1.165) is 13.0 Å². The van der Waals surface area contributed by atoms with Gasteiger partial charge in [0.1, 0.15) is 0 Å². The first-order chi connectivity index (χ1) is 6.10. The van der Waals surface area contributed by atoms with Gasteiger partial charge in [-0.1, -0.05) is 20.3 Å². The summed E-state index contributed by atoms with van der Waals surface area (Å²) in [6.45, 7) is 7.32. The van der Waals surface area contributed by atoms with E-state index in [0.29, 0.717) is 12.3 Å². The fourth-order valence-corrected chi connectivity index (χ4v) is 0.952. The molecule has 0 saturated carbocycles. The average molecular weight is 187 g/mol. The Morgan fingerprint density at radius 1 is 1.46 bits per heavy atom. The second-order valence-corrected chi connectivity index (χ2v) is 3.60. The zero-order valence-electron chi connectivity index (χ0n) is 9.09. The summed E-state index contributed by atoms with van der Waals surface area (Å²) < 4.78 is 4.58. The van der Waals surface area contributed by atoms with Crippen molar-refractivity contribution in [2.24, 2.45) is 5.92 Å². The van der Waals surface area contributed by atoms with Crippen LogP contribution in [0.2, 0.25) is 0 Å². The molecule has 0 fully saturated rings. The van der Waals surface area contributed by atoms with Gasteiger partial charge in [0.2, 0.25) is 0 Å². The molecule has 3 nitrogen and oxygen atoms in total. The van der Waals surface area contributed by atoms with Crippen LogP contribution < -0.4 is 5.32 Å². The fraction of sp³-hybridized carbons (Fsp3) is 0.900. The van der Waals surface area contributed by atoms with Gasteiger partial charge in [0.25, 0.3) is 0 Å². The Hall–Kier alpha value is -0.570. The molecule has 0 amide bonds. The van der Waals surface area contributed by atoms with E-state index >= 15 is 0 Å². The van der Waals surface area contributed by atoms with Crippen LogP contribution in [0.25, 0.3) is 0 Å². The summed E-state index contributed by atoms with van der Waals surface area (Å²) in [7, 11) is 1.42. The topological polar surface area (TPSA) is 38.3 Å². The molecule has 0 rings (SSSR count). The molecule has 0 aromatic carbocycles. The lowest BCUT2D eigenvalue weighted by Gasteiger charge is -2.15. The summed E-state index contributed by atoms with van der Waals surface area (Å²) in [5, 5.41) is 3.30. The Morgan fingerprint density at radius 3 is 2.54 bits per heavy atom. The number of ether oxygens (including phenoxy) is 1. The van der Waals surface area contributed by atoms with Crippen molar-refractivity contribution in [3.05, 3.63) is 0 Å². The molecule has 0 bridgehead atoms. The van der Waals surface area contributed by atoms with Gasteiger partial charge in [-0.25, -0.2) is 0 Å². The van der Waals surface area contributed by atoms with E-state index in [1.807, 2.05) is 6.92 Å². The minimum atomic E-state index is -0.149. The minimum Gasteiger partial charge on any atom is -0.469 e. The number of hydrogen-bond acceptors (Lipinski definition) is 3. The molecule has 0 aromatic rings. The Labute approximate surface area is 80.8 Å². The third-order valence-electron chi connectivity index (χ3n) is 2.21. The van der Waals surface area contributed by atoms with Gasteiger partial charge in [0.05, 0.1) is 13.5 Å². The molecule has 78 valence electrons. The SMILES string of the molecule is CCC(C)CNC(C)CC(=O)OC. The molecule has 0 aliphatic heterocycles. The first kappa shape index (κ1) is 12.4. The molecule has 0 aliphatic carbocycles. The highest BCUT2D eigenvalue weighted by Crippen LogP contribution is 2.00. The number of hydrogen-bond donors (Lipinski definition) is 1. The molecule has 0 radical (unpaired) electrons. The lowest BCUT2D eigenvalue weighted by molar-refractivity contribution is -0.141. The number of esters is 1. The van der Waals surface area contributed by atoms with Gasteiger partial charge in [-0.05, 0) is 19.4 Å². The standard InChI is InChI=1S/C10H21NO2/c1-5-8(2)7-11-9(3)6-10(12)13-4/h8-9,11H,5-7H2,1-4H3.